The van der Waals surface area contributed by atoms with Crippen LogP contribution >= 0.6 is 0 Å². The lowest BCUT2D eigenvalue weighted by Gasteiger charge is -2.20. The number of hydrogen-bond donors (Lipinski definition) is 1. The molecule has 3 aromatic rings. The van der Waals surface area contributed by atoms with E-state index in [1.54, 1.807) is 6.07 Å². The summed E-state index contributed by atoms with van der Waals surface area (Å²) in [6, 6.07) is 19.6. The zero-order valence-electron chi connectivity index (χ0n) is 21.5. The molecule has 0 aliphatic carbocycles. The summed E-state index contributed by atoms with van der Waals surface area (Å²) < 4.78 is 11.1. The Labute approximate surface area is 212 Å². The number of rotatable bonds is 9. The van der Waals surface area contributed by atoms with Crippen LogP contribution in [-0.2, 0) is 22.4 Å². The minimum atomic E-state index is -0.521. The lowest BCUT2D eigenvalue weighted by atomic mass is 10.1. The average Bonchev–Trinajstić information content (AvgIpc) is 2.81. The van der Waals surface area contributed by atoms with Crippen LogP contribution in [0.3, 0.4) is 0 Å². The van der Waals surface area contributed by atoms with Crippen LogP contribution in [0.25, 0.3) is 0 Å². The van der Waals surface area contributed by atoms with Crippen LogP contribution in [0, 0.1) is 13.8 Å². The summed E-state index contributed by atoms with van der Waals surface area (Å²) in [6.45, 7) is 9.96. The van der Waals surface area contributed by atoms with Crippen LogP contribution in [0.4, 0.5) is 0 Å². The highest BCUT2D eigenvalue weighted by Crippen LogP contribution is 2.30. The van der Waals surface area contributed by atoms with Crippen molar-refractivity contribution in [2.45, 2.75) is 53.0 Å². The fourth-order valence-electron chi connectivity index (χ4n) is 3.36. The van der Waals surface area contributed by atoms with E-state index in [0.717, 1.165) is 22.3 Å². The van der Waals surface area contributed by atoms with Gasteiger partial charge >= 0.3 is 11.9 Å². The zero-order chi connectivity index (χ0) is 26.3. The molecule has 0 fully saturated rings. The number of benzene rings is 3. The van der Waals surface area contributed by atoms with E-state index in [1.807, 2.05) is 83.1 Å². The Kier molecular flexibility index (Phi) is 8.78. The SMILES string of the molecule is Cc1ccc(CC(=O)Oc2ccc(C(=O)CNC(C)(C)C)cc2OC(=O)Cc2ccc(C)cc2)cc1. The predicted molar refractivity (Wildman–Crippen MR) is 140 cm³/mol. The molecule has 6 nitrogen and oxygen atoms in total. The lowest BCUT2D eigenvalue weighted by molar-refractivity contribution is -0.136. The van der Waals surface area contributed by atoms with Gasteiger partial charge in [-0.1, -0.05) is 59.7 Å². The molecule has 0 atom stereocenters. The van der Waals surface area contributed by atoms with Gasteiger partial charge in [-0.15, -0.1) is 0 Å². The van der Waals surface area contributed by atoms with Gasteiger partial charge in [0, 0.05) is 11.1 Å². The van der Waals surface area contributed by atoms with Crippen molar-refractivity contribution in [2.75, 3.05) is 6.54 Å². The van der Waals surface area contributed by atoms with E-state index in [0.29, 0.717) is 5.56 Å². The molecule has 188 valence electrons. The van der Waals surface area contributed by atoms with Crippen LogP contribution in [0.15, 0.2) is 66.7 Å². The molecule has 6 heteroatoms. The molecular formula is C30H33NO5. The van der Waals surface area contributed by atoms with Crippen LogP contribution < -0.4 is 14.8 Å². The number of hydrogen-bond acceptors (Lipinski definition) is 6. The molecule has 0 heterocycles. The highest BCUT2D eigenvalue weighted by molar-refractivity contribution is 5.98. The number of ether oxygens (including phenoxy) is 2. The first-order chi connectivity index (χ1) is 17.0. The summed E-state index contributed by atoms with van der Waals surface area (Å²) in [5.74, 6) is -1.07. The Balaban J connectivity index is 1.79. The maximum absolute atomic E-state index is 12.7. The van der Waals surface area contributed by atoms with Gasteiger partial charge in [0.1, 0.15) is 0 Å². The molecule has 3 aromatic carbocycles. The van der Waals surface area contributed by atoms with Gasteiger partial charge in [0.2, 0.25) is 0 Å². The molecule has 0 unspecified atom stereocenters. The molecule has 0 aliphatic heterocycles. The second-order valence-electron chi connectivity index (χ2n) is 9.96. The Hall–Kier alpha value is -3.77. The summed E-state index contributed by atoms with van der Waals surface area (Å²) in [4.78, 5) is 38.1. The summed E-state index contributed by atoms with van der Waals surface area (Å²) in [6.07, 6.45) is 0.105. The molecule has 0 amide bonds. The quantitative estimate of drug-likeness (QED) is 0.255. The normalized spacial score (nSPS) is 11.1. The van der Waals surface area contributed by atoms with E-state index in [1.165, 1.54) is 12.1 Å². The van der Waals surface area contributed by atoms with Crippen molar-refractivity contribution in [3.8, 4) is 11.5 Å². The second kappa shape index (κ2) is 11.8. The van der Waals surface area contributed by atoms with E-state index in [4.69, 9.17) is 9.47 Å². The van der Waals surface area contributed by atoms with E-state index >= 15 is 0 Å². The number of Topliss-reactive ketones (excluding diaryl/α,β-unsaturated/α-hetero) is 1. The average molecular weight is 488 g/mol. The van der Waals surface area contributed by atoms with Gasteiger partial charge in [0.05, 0.1) is 19.4 Å². The fraction of sp³-hybridized carbons (Fsp3) is 0.300. The molecule has 0 saturated carbocycles. The van der Waals surface area contributed by atoms with Gasteiger partial charge in [0.15, 0.2) is 17.3 Å². The van der Waals surface area contributed by atoms with E-state index in [-0.39, 0.29) is 42.2 Å². The second-order valence-corrected chi connectivity index (χ2v) is 9.96. The van der Waals surface area contributed by atoms with Crippen molar-refractivity contribution in [1.82, 2.24) is 5.32 Å². The molecule has 0 radical (unpaired) electrons. The predicted octanol–water partition coefficient (Wildman–Crippen LogP) is 5.17. The number of ketones is 1. The summed E-state index contributed by atoms with van der Waals surface area (Å²) in [7, 11) is 0. The Bertz CT molecular complexity index is 1220. The van der Waals surface area contributed by atoms with Crippen molar-refractivity contribution < 1.29 is 23.9 Å². The van der Waals surface area contributed by atoms with Crippen molar-refractivity contribution in [1.29, 1.82) is 0 Å². The summed E-state index contributed by atoms with van der Waals surface area (Å²) in [5, 5.41) is 3.15. The van der Waals surface area contributed by atoms with Crippen LogP contribution in [0.5, 0.6) is 11.5 Å². The van der Waals surface area contributed by atoms with E-state index in [9.17, 15) is 14.4 Å². The lowest BCUT2D eigenvalue weighted by Crippen LogP contribution is -2.39. The third-order valence-corrected chi connectivity index (χ3v) is 5.43. The fourth-order valence-corrected chi connectivity index (χ4v) is 3.36. The van der Waals surface area contributed by atoms with Crippen molar-refractivity contribution >= 4 is 17.7 Å². The Morgan fingerprint density at radius 2 is 1.17 bits per heavy atom. The van der Waals surface area contributed by atoms with Crippen molar-refractivity contribution in [3.63, 3.8) is 0 Å². The molecule has 0 aliphatic rings. The highest BCUT2D eigenvalue weighted by Gasteiger charge is 2.19. The number of carbonyl (C=O) groups excluding carboxylic acids is 3. The van der Waals surface area contributed by atoms with Gasteiger partial charge in [-0.3, -0.25) is 14.4 Å². The van der Waals surface area contributed by atoms with Crippen molar-refractivity contribution in [3.05, 3.63) is 94.5 Å². The number of carbonyl (C=O) groups is 3. The van der Waals surface area contributed by atoms with E-state index < -0.39 is 11.9 Å². The molecule has 3 rings (SSSR count). The Morgan fingerprint density at radius 3 is 1.64 bits per heavy atom. The van der Waals surface area contributed by atoms with Crippen molar-refractivity contribution in [2.24, 2.45) is 0 Å². The standard InChI is InChI=1S/C30H33NO5/c1-20-6-10-22(11-7-20)16-28(33)35-26-15-14-24(25(32)19-31-30(3,4)5)18-27(26)36-29(34)17-23-12-8-21(2)9-13-23/h6-15,18,31H,16-17,19H2,1-5H3. The molecular weight excluding hydrogens is 454 g/mol. The molecule has 0 bridgehead atoms. The van der Waals surface area contributed by atoms with Crippen LogP contribution in [0.2, 0.25) is 0 Å². The van der Waals surface area contributed by atoms with Gasteiger partial charge in [0.25, 0.3) is 0 Å². The Morgan fingerprint density at radius 1 is 0.694 bits per heavy atom. The topological polar surface area (TPSA) is 81.7 Å². The van der Waals surface area contributed by atoms with Crippen LogP contribution in [-0.4, -0.2) is 29.8 Å². The first-order valence-electron chi connectivity index (χ1n) is 11.9. The maximum Gasteiger partial charge on any atom is 0.315 e. The zero-order valence-corrected chi connectivity index (χ0v) is 21.5. The third-order valence-electron chi connectivity index (χ3n) is 5.43. The van der Waals surface area contributed by atoms with Gasteiger partial charge in [-0.25, -0.2) is 0 Å². The smallest absolute Gasteiger partial charge is 0.315 e. The largest absolute Gasteiger partial charge is 0.422 e. The molecule has 1 N–H and O–H groups in total. The van der Waals surface area contributed by atoms with Gasteiger partial charge < -0.3 is 14.8 Å². The molecule has 0 spiro atoms. The highest BCUT2D eigenvalue weighted by atomic mass is 16.6. The summed E-state index contributed by atoms with van der Waals surface area (Å²) in [5.41, 5.74) is 3.91. The minimum absolute atomic E-state index is 0.0333. The number of esters is 2. The summed E-state index contributed by atoms with van der Waals surface area (Å²) >= 11 is 0. The number of aryl methyl sites for hydroxylation is 2. The first kappa shape index (κ1) is 26.8. The van der Waals surface area contributed by atoms with Gasteiger partial charge in [-0.2, -0.15) is 0 Å². The third kappa shape index (κ3) is 8.47. The molecule has 36 heavy (non-hydrogen) atoms. The van der Waals surface area contributed by atoms with Gasteiger partial charge in [-0.05, 0) is 63.9 Å². The minimum Gasteiger partial charge on any atom is -0.422 e. The maximum atomic E-state index is 12.7. The monoisotopic (exact) mass is 487 g/mol. The number of nitrogens with one attached hydrogen (secondary N) is 1. The van der Waals surface area contributed by atoms with E-state index in [2.05, 4.69) is 5.32 Å². The molecule has 0 saturated heterocycles. The molecule has 0 aromatic heterocycles. The first-order valence-corrected chi connectivity index (χ1v) is 11.9. The van der Waals surface area contributed by atoms with Crippen LogP contribution in [0.1, 0.15) is 53.4 Å².